The summed E-state index contributed by atoms with van der Waals surface area (Å²) in [5.74, 6) is 0.465. The van der Waals surface area contributed by atoms with Crippen LogP contribution in [0.2, 0.25) is 15.3 Å². The van der Waals surface area contributed by atoms with Crippen LogP contribution in [0.5, 0.6) is 5.75 Å². The molecule has 0 atom stereocenters. The number of ether oxygens (including phenoxy) is 1. The fraction of sp³-hybridized carbons (Fsp3) is 0.125. The first kappa shape index (κ1) is 11.4. The zero-order valence-electron chi connectivity index (χ0n) is 7.99. The molecule has 0 saturated heterocycles. The van der Waals surface area contributed by atoms with E-state index in [-0.39, 0.29) is 5.28 Å². The molecule has 0 fully saturated rings. The van der Waals surface area contributed by atoms with Crippen molar-refractivity contribution < 1.29 is 4.74 Å². The van der Waals surface area contributed by atoms with E-state index in [9.17, 15) is 0 Å². The quantitative estimate of drug-likeness (QED) is 0.848. The van der Waals surface area contributed by atoms with Gasteiger partial charge in [0.1, 0.15) is 5.75 Å². The van der Waals surface area contributed by atoms with E-state index < -0.39 is 0 Å². The SMILES string of the molecule is COc1cc(-n2nnnc2Cl)c(Cl)cc1Cl. The summed E-state index contributed by atoms with van der Waals surface area (Å²) in [6.45, 7) is 0. The van der Waals surface area contributed by atoms with Crippen molar-refractivity contribution in [2.24, 2.45) is 0 Å². The Kier molecular flexibility index (Phi) is 3.18. The fourth-order valence-corrected chi connectivity index (χ4v) is 1.86. The second kappa shape index (κ2) is 4.45. The van der Waals surface area contributed by atoms with Gasteiger partial charge in [0.05, 0.1) is 22.8 Å². The second-order valence-corrected chi connectivity index (χ2v) is 3.95. The van der Waals surface area contributed by atoms with Gasteiger partial charge in [-0.15, -0.1) is 0 Å². The van der Waals surface area contributed by atoms with Crippen molar-refractivity contribution in [3.63, 3.8) is 0 Å². The summed E-state index contributed by atoms with van der Waals surface area (Å²) in [7, 11) is 1.50. The molecule has 2 rings (SSSR count). The topological polar surface area (TPSA) is 52.8 Å². The Morgan fingerprint density at radius 3 is 2.50 bits per heavy atom. The van der Waals surface area contributed by atoms with Crippen LogP contribution in [0.25, 0.3) is 5.69 Å². The molecule has 84 valence electrons. The summed E-state index contributed by atoms with van der Waals surface area (Å²) in [6.07, 6.45) is 0. The normalized spacial score (nSPS) is 10.5. The number of hydrogen-bond acceptors (Lipinski definition) is 4. The molecule has 8 heteroatoms. The highest BCUT2D eigenvalue weighted by molar-refractivity contribution is 6.36. The zero-order valence-corrected chi connectivity index (χ0v) is 10.3. The average Bonchev–Trinajstić information content (AvgIpc) is 2.65. The predicted molar refractivity (Wildman–Crippen MR) is 60.7 cm³/mol. The maximum Gasteiger partial charge on any atom is 0.248 e. The summed E-state index contributed by atoms with van der Waals surface area (Å²) in [4.78, 5) is 0. The first-order valence-electron chi connectivity index (χ1n) is 4.10. The van der Waals surface area contributed by atoms with E-state index in [1.807, 2.05) is 0 Å². The number of methoxy groups -OCH3 is 1. The van der Waals surface area contributed by atoms with E-state index >= 15 is 0 Å². The molecule has 5 nitrogen and oxygen atoms in total. The van der Waals surface area contributed by atoms with E-state index in [4.69, 9.17) is 39.5 Å². The Labute approximate surface area is 106 Å². The summed E-state index contributed by atoms with van der Waals surface area (Å²) >= 11 is 17.7. The molecule has 1 aromatic heterocycles. The van der Waals surface area contributed by atoms with E-state index in [1.165, 1.54) is 17.9 Å². The van der Waals surface area contributed by atoms with Crippen LogP contribution in [0.4, 0.5) is 0 Å². The molecule has 0 amide bonds. The molecule has 16 heavy (non-hydrogen) atoms. The monoisotopic (exact) mass is 278 g/mol. The van der Waals surface area contributed by atoms with E-state index in [1.54, 1.807) is 6.07 Å². The minimum atomic E-state index is 0.103. The highest BCUT2D eigenvalue weighted by atomic mass is 35.5. The number of aromatic nitrogens is 4. The first-order valence-corrected chi connectivity index (χ1v) is 5.24. The molecular weight excluding hydrogens is 274 g/mol. The molecule has 1 aromatic carbocycles. The number of nitrogens with zero attached hydrogens (tertiary/aromatic N) is 4. The number of hydrogen-bond donors (Lipinski definition) is 0. The molecule has 0 saturated carbocycles. The fourth-order valence-electron chi connectivity index (χ4n) is 1.16. The molecule has 0 aliphatic heterocycles. The van der Waals surface area contributed by atoms with Crippen molar-refractivity contribution >= 4 is 34.8 Å². The Balaban J connectivity index is 2.61. The zero-order chi connectivity index (χ0) is 11.7. The number of tetrazole rings is 1. The van der Waals surface area contributed by atoms with Gasteiger partial charge >= 0.3 is 0 Å². The van der Waals surface area contributed by atoms with Crippen molar-refractivity contribution in [3.05, 3.63) is 27.5 Å². The Morgan fingerprint density at radius 2 is 1.94 bits per heavy atom. The van der Waals surface area contributed by atoms with E-state index in [0.717, 1.165) is 0 Å². The van der Waals surface area contributed by atoms with Gasteiger partial charge in [-0.2, -0.15) is 4.68 Å². The van der Waals surface area contributed by atoms with Crippen LogP contribution in [0.3, 0.4) is 0 Å². The Morgan fingerprint density at radius 1 is 1.19 bits per heavy atom. The molecule has 0 aliphatic carbocycles. The molecule has 0 radical (unpaired) electrons. The molecule has 0 unspecified atom stereocenters. The third-order valence-electron chi connectivity index (χ3n) is 1.88. The number of halogens is 3. The minimum absolute atomic E-state index is 0.103. The maximum atomic E-state index is 6.01. The molecule has 0 N–H and O–H groups in total. The second-order valence-electron chi connectivity index (χ2n) is 2.80. The first-order chi connectivity index (χ1) is 7.63. The lowest BCUT2D eigenvalue weighted by Gasteiger charge is -2.08. The standard InChI is InChI=1S/C8H5Cl3N4O/c1-16-7-3-6(4(9)2-5(7)10)15-8(11)12-13-14-15/h2-3H,1H3. The van der Waals surface area contributed by atoms with E-state index in [0.29, 0.717) is 21.5 Å². The van der Waals surface area contributed by atoms with Crippen molar-refractivity contribution in [2.75, 3.05) is 7.11 Å². The van der Waals surface area contributed by atoms with Gasteiger partial charge in [0.25, 0.3) is 0 Å². The average molecular weight is 280 g/mol. The van der Waals surface area contributed by atoms with Gasteiger partial charge in [-0.3, -0.25) is 0 Å². The van der Waals surface area contributed by atoms with Crippen molar-refractivity contribution in [1.82, 2.24) is 20.2 Å². The van der Waals surface area contributed by atoms with Crippen LogP contribution < -0.4 is 4.74 Å². The highest BCUT2D eigenvalue weighted by Gasteiger charge is 2.13. The maximum absolute atomic E-state index is 6.01. The van der Waals surface area contributed by atoms with E-state index in [2.05, 4.69) is 15.5 Å². The summed E-state index contributed by atoms with van der Waals surface area (Å²) in [5.41, 5.74) is 0.498. The van der Waals surface area contributed by atoms with Crippen molar-refractivity contribution in [1.29, 1.82) is 0 Å². The minimum Gasteiger partial charge on any atom is -0.495 e. The van der Waals surface area contributed by atoms with Gasteiger partial charge in [0, 0.05) is 6.07 Å². The van der Waals surface area contributed by atoms with Gasteiger partial charge in [-0.25, -0.2) is 0 Å². The lowest BCUT2D eigenvalue weighted by molar-refractivity contribution is 0.414. The summed E-state index contributed by atoms with van der Waals surface area (Å²) < 4.78 is 6.34. The summed E-state index contributed by atoms with van der Waals surface area (Å²) in [5, 5.41) is 11.5. The van der Waals surface area contributed by atoms with Crippen LogP contribution >= 0.6 is 34.8 Å². The predicted octanol–water partition coefficient (Wildman–Crippen LogP) is 2.63. The molecule has 0 bridgehead atoms. The lowest BCUT2D eigenvalue weighted by atomic mass is 10.3. The van der Waals surface area contributed by atoms with Gasteiger partial charge in [0.2, 0.25) is 5.28 Å². The van der Waals surface area contributed by atoms with Crippen molar-refractivity contribution in [3.8, 4) is 11.4 Å². The molecule has 1 heterocycles. The molecular formula is C8H5Cl3N4O. The van der Waals surface area contributed by atoms with Gasteiger partial charge in [0.15, 0.2) is 0 Å². The van der Waals surface area contributed by atoms with Crippen molar-refractivity contribution in [2.45, 2.75) is 0 Å². The highest BCUT2D eigenvalue weighted by Crippen LogP contribution is 2.33. The molecule has 0 aliphatic rings. The number of benzene rings is 1. The van der Waals surface area contributed by atoms with Gasteiger partial charge in [-0.05, 0) is 28.1 Å². The largest absolute Gasteiger partial charge is 0.495 e. The number of rotatable bonds is 2. The molecule has 2 aromatic rings. The third-order valence-corrected chi connectivity index (χ3v) is 2.71. The Hall–Kier alpha value is -1.04. The van der Waals surface area contributed by atoms with Crippen LogP contribution in [0.15, 0.2) is 12.1 Å². The van der Waals surface area contributed by atoms with Crippen LogP contribution in [-0.4, -0.2) is 27.3 Å². The van der Waals surface area contributed by atoms with Crippen LogP contribution in [0, 0.1) is 0 Å². The Bertz CT molecular complexity index is 528. The van der Waals surface area contributed by atoms with Gasteiger partial charge in [-0.1, -0.05) is 28.3 Å². The lowest BCUT2D eigenvalue weighted by Crippen LogP contribution is -1.99. The third kappa shape index (κ3) is 1.93. The van der Waals surface area contributed by atoms with Crippen LogP contribution in [-0.2, 0) is 0 Å². The summed E-state index contributed by atoms with van der Waals surface area (Å²) in [6, 6.07) is 3.14. The van der Waals surface area contributed by atoms with Gasteiger partial charge < -0.3 is 4.74 Å². The smallest absolute Gasteiger partial charge is 0.248 e. The van der Waals surface area contributed by atoms with Crippen LogP contribution in [0.1, 0.15) is 0 Å². The molecule has 0 spiro atoms.